The van der Waals surface area contributed by atoms with Crippen molar-refractivity contribution in [2.24, 2.45) is 0 Å². The van der Waals surface area contributed by atoms with E-state index in [2.05, 4.69) is 9.05 Å². The molecule has 12 heteroatoms. The number of Topliss-reactive ketones (excluding diaryl/α,β-unsaturated/α-hetero) is 2. The van der Waals surface area contributed by atoms with Crippen molar-refractivity contribution in [3.8, 4) is 0 Å². The van der Waals surface area contributed by atoms with E-state index in [-0.39, 0.29) is 22.9 Å². The summed E-state index contributed by atoms with van der Waals surface area (Å²) in [6, 6.07) is 0. The molecular formula is C8H12N2O9P+. The molecule has 11 nitrogen and oxygen atoms in total. The number of ketones is 2. The van der Waals surface area contributed by atoms with E-state index >= 15 is 0 Å². The summed E-state index contributed by atoms with van der Waals surface area (Å²) in [4.78, 5) is 42.0. The molecule has 0 spiro atoms. The quantitative estimate of drug-likeness (QED) is 0.190. The fraction of sp³-hybridized carbons (Fsp3) is 0.500. The van der Waals surface area contributed by atoms with Crippen LogP contribution in [0.3, 0.4) is 0 Å². The third-order valence-electron chi connectivity index (χ3n) is 1.58. The molecule has 0 aliphatic heterocycles. The highest BCUT2D eigenvalue weighted by atomic mass is 31.1. The Kier molecular flexibility index (Phi) is 9.17. The SMILES string of the molecule is O=CN(O)CC(=O)CO[P+](=O)OCC(=O)CN(O)C=O. The van der Waals surface area contributed by atoms with Gasteiger partial charge in [0.2, 0.25) is 12.8 Å². The number of hydroxylamine groups is 4. The van der Waals surface area contributed by atoms with Crippen LogP contribution in [0.25, 0.3) is 0 Å². The highest BCUT2D eigenvalue weighted by Gasteiger charge is 2.24. The fourth-order valence-electron chi connectivity index (χ4n) is 0.814. The minimum Gasteiger partial charge on any atom is -0.295 e. The van der Waals surface area contributed by atoms with Crippen molar-refractivity contribution in [2.45, 2.75) is 0 Å². The Hall–Kier alpha value is -1.78. The summed E-state index contributed by atoms with van der Waals surface area (Å²) in [7, 11) is -2.77. The van der Waals surface area contributed by atoms with Gasteiger partial charge in [0.1, 0.15) is 13.1 Å². The van der Waals surface area contributed by atoms with E-state index in [0.29, 0.717) is 0 Å². The summed E-state index contributed by atoms with van der Waals surface area (Å²) in [5, 5.41) is 17.5. The van der Waals surface area contributed by atoms with Gasteiger partial charge in [0, 0.05) is 4.57 Å². The van der Waals surface area contributed by atoms with Crippen LogP contribution in [-0.2, 0) is 32.8 Å². The molecule has 0 bridgehead atoms. The van der Waals surface area contributed by atoms with Gasteiger partial charge in [-0.25, -0.2) is 10.1 Å². The first-order valence-electron chi connectivity index (χ1n) is 4.97. The topological polar surface area (TPSA) is 151 Å². The molecule has 0 aromatic rings. The summed E-state index contributed by atoms with van der Waals surface area (Å²) in [5.41, 5.74) is 0. The monoisotopic (exact) mass is 311 g/mol. The molecule has 0 heterocycles. The number of hydrogen-bond acceptors (Lipinski definition) is 9. The zero-order valence-electron chi connectivity index (χ0n) is 10.1. The Labute approximate surface area is 113 Å². The number of carbonyl (C=O) groups is 4. The Balaban J connectivity index is 3.84. The van der Waals surface area contributed by atoms with Crippen molar-refractivity contribution in [1.82, 2.24) is 10.1 Å². The molecule has 0 aliphatic rings. The molecule has 0 fully saturated rings. The van der Waals surface area contributed by atoms with Crippen LogP contribution >= 0.6 is 8.25 Å². The molecule has 112 valence electrons. The van der Waals surface area contributed by atoms with Crippen molar-refractivity contribution >= 4 is 32.6 Å². The number of amides is 2. The van der Waals surface area contributed by atoms with Gasteiger partial charge in [-0.2, -0.15) is 0 Å². The minimum atomic E-state index is -2.77. The van der Waals surface area contributed by atoms with Gasteiger partial charge in [-0.1, -0.05) is 0 Å². The zero-order valence-corrected chi connectivity index (χ0v) is 11.0. The molecule has 0 unspecified atom stereocenters. The molecular weight excluding hydrogens is 299 g/mol. The highest BCUT2D eigenvalue weighted by Crippen LogP contribution is 2.22. The van der Waals surface area contributed by atoms with Crippen LogP contribution in [-0.4, -0.2) is 71.2 Å². The standard InChI is InChI=1S/C8H12N2O9P/c11-5-9(15)1-7(13)3-18-20(17)19-4-8(14)2-10(16)6-12/h5-6,15-16H,1-4H2/q+1. The second kappa shape index (κ2) is 10.1. The van der Waals surface area contributed by atoms with Gasteiger partial charge in [-0.3, -0.25) is 29.6 Å². The average molecular weight is 311 g/mol. The van der Waals surface area contributed by atoms with Crippen molar-refractivity contribution in [2.75, 3.05) is 26.3 Å². The van der Waals surface area contributed by atoms with Gasteiger partial charge in [0.25, 0.3) is 0 Å². The average Bonchev–Trinajstić information content (AvgIpc) is 2.42. The second-order valence-electron chi connectivity index (χ2n) is 3.25. The largest absolute Gasteiger partial charge is 0.698 e. The lowest BCUT2D eigenvalue weighted by atomic mass is 10.4. The third-order valence-corrected chi connectivity index (χ3v) is 2.26. The Bertz CT molecular complexity index is 354. The van der Waals surface area contributed by atoms with E-state index in [9.17, 15) is 23.7 Å². The van der Waals surface area contributed by atoms with Crippen LogP contribution in [0.2, 0.25) is 0 Å². The van der Waals surface area contributed by atoms with E-state index in [1.807, 2.05) is 0 Å². The second-order valence-corrected chi connectivity index (χ2v) is 4.22. The molecule has 2 amide bonds. The Morgan fingerprint density at radius 2 is 1.30 bits per heavy atom. The smallest absolute Gasteiger partial charge is 0.295 e. The predicted molar refractivity (Wildman–Crippen MR) is 58.6 cm³/mol. The molecule has 0 aromatic carbocycles. The molecule has 0 saturated carbocycles. The normalized spacial score (nSPS) is 9.70. The first-order chi connectivity index (χ1) is 9.38. The Morgan fingerprint density at radius 3 is 1.60 bits per heavy atom. The van der Waals surface area contributed by atoms with Crippen LogP contribution in [0, 0.1) is 0 Å². The van der Waals surface area contributed by atoms with Gasteiger partial charge in [0.05, 0.1) is 0 Å². The maximum absolute atomic E-state index is 11.1. The van der Waals surface area contributed by atoms with Crippen molar-refractivity contribution in [1.29, 1.82) is 0 Å². The predicted octanol–water partition coefficient (Wildman–Crippen LogP) is -1.49. The van der Waals surface area contributed by atoms with Crippen LogP contribution in [0.4, 0.5) is 0 Å². The number of hydrogen-bond donors (Lipinski definition) is 2. The van der Waals surface area contributed by atoms with E-state index in [4.69, 9.17) is 10.4 Å². The third kappa shape index (κ3) is 9.19. The van der Waals surface area contributed by atoms with E-state index in [0.717, 1.165) is 0 Å². The lowest BCUT2D eigenvalue weighted by molar-refractivity contribution is -0.155. The molecule has 0 radical (unpaired) electrons. The fourth-order valence-corrected chi connectivity index (χ4v) is 1.39. The summed E-state index contributed by atoms with van der Waals surface area (Å²) < 4.78 is 19.9. The van der Waals surface area contributed by atoms with Gasteiger partial charge in [0.15, 0.2) is 24.8 Å². The maximum Gasteiger partial charge on any atom is 0.698 e. The molecule has 20 heavy (non-hydrogen) atoms. The van der Waals surface area contributed by atoms with Gasteiger partial charge in [-0.05, 0) is 0 Å². The first-order valence-corrected chi connectivity index (χ1v) is 6.06. The lowest BCUT2D eigenvalue weighted by Gasteiger charge is -2.05. The van der Waals surface area contributed by atoms with Crippen LogP contribution < -0.4 is 0 Å². The summed E-state index contributed by atoms with van der Waals surface area (Å²) in [6.45, 7) is -2.70. The van der Waals surface area contributed by atoms with E-state index < -0.39 is 46.1 Å². The molecule has 2 N–H and O–H groups in total. The van der Waals surface area contributed by atoms with Gasteiger partial charge >= 0.3 is 8.25 Å². The van der Waals surface area contributed by atoms with Crippen molar-refractivity contribution in [3.63, 3.8) is 0 Å². The summed E-state index contributed by atoms with van der Waals surface area (Å²) >= 11 is 0. The molecule has 0 atom stereocenters. The van der Waals surface area contributed by atoms with E-state index in [1.54, 1.807) is 0 Å². The molecule has 0 aliphatic carbocycles. The van der Waals surface area contributed by atoms with Crippen molar-refractivity contribution in [3.05, 3.63) is 0 Å². The van der Waals surface area contributed by atoms with Crippen LogP contribution in [0.15, 0.2) is 0 Å². The van der Waals surface area contributed by atoms with Gasteiger partial charge in [-0.15, -0.1) is 9.05 Å². The number of carbonyl (C=O) groups excluding carboxylic acids is 4. The van der Waals surface area contributed by atoms with Crippen molar-refractivity contribution < 1.29 is 43.2 Å². The van der Waals surface area contributed by atoms with Crippen LogP contribution in [0.1, 0.15) is 0 Å². The van der Waals surface area contributed by atoms with Crippen LogP contribution in [0.5, 0.6) is 0 Å². The Morgan fingerprint density at radius 1 is 0.950 bits per heavy atom. The maximum atomic E-state index is 11.1. The minimum absolute atomic E-state index is 0.000749. The summed E-state index contributed by atoms with van der Waals surface area (Å²) in [5.74, 6) is -1.50. The number of nitrogens with zero attached hydrogens (tertiary/aromatic N) is 2. The highest BCUT2D eigenvalue weighted by molar-refractivity contribution is 7.33. The lowest BCUT2D eigenvalue weighted by Crippen LogP contribution is -2.28. The first kappa shape index (κ1) is 18.2. The summed E-state index contributed by atoms with van der Waals surface area (Å²) in [6.07, 6.45) is 0.00150. The zero-order chi connectivity index (χ0) is 15.5. The van der Waals surface area contributed by atoms with Gasteiger partial charge < -0.3 is 0 Å². The van der Waals surface area contributed by atoms with E-state index in [1.165, 1.54) is 0 Å². The molecule has 0 aromatic heterocycles. The number of rotatable bonds is 12. The molecule has 0 rings (SSSR count). The molecule has 0 saturated heterocycles.